The zero-order chi connectivity index (χ0) is 15.9. The summed E-state index contributed by atoms with van der Waals surface area (Å²) in [6.45, 7) is 3.56. The van der Waals surface area contributed by atoms with Crippen LogP contribution in [0.1, 0.15) is 37.9 Å². The van der Waals surface area contributed by atoms with E-state index in [1.165, 1.54) is 0 Å². The Hall–Kier alpha value is -1.88. The minimum atomic E-state index is -0.763. The Kier molecular flexibility index (Phi) is 5.95. The number of piperidine rings is 1. The minimum Gasteiger partial charge on any atom is -0.481 e. The van der Waals surface area contributed by atoms with Gasteiger partial charge < -0.3 is 14.7 Å². The summed E-state index contributed by atoms with van der Waals surface area (Å²) in [4.78, 5) is 25.3. The molecule has 1 aliphatic rings. The van der Waals surface area contributed by atoms with E-state index in [0.29, 0.717) is 19.7 Å². The molecule has 1 unspecified atom stereocenters. The van der Waals surface area contributed by atoms with Crippen molar-refractivity contribution in [2.75, 3.05) is 19.7 Å². The van der Waals surface area contributed by atoms with Crippen LogP contribution in [0.25, 0.3) is 0 Å². The van der Waals surface area contributed by atoms with Crippen molar-refractivity contribution >= 4 is 11.9 Å². The number of carboxylic acids is 1. The first kappa shape index (κ1) is 16.5. The molecule has 1 N–H and O–H groups in total. The van der Waals surface area contributed by atoms with E-state index in [2.05, 4.69) is 0 Å². The first-order chi connectivity index (χ1) is 10.6. The minimum absolute atomic E-state index is 0.0261. The second-order valence-electron chi connectivity index (χ2n) is 5.61. The molecule has 0 radical (unpaired) electrons. The predicted octanol–water partition coefficient (Wildman–Crippen LogP) is 2.48. The van der Waals surface area contributed by atoms with E-state index in [-0.39, 0.29) is 18.2 Å². The average molecular weight is 305 g/mol. The second kappa shape index (κ2) is 7.94. The van der Waals surface area contributed by atoms with Crippen molar-refractivity contribution in [1.82, 2.24) is 4.90 Å². The number of benzene rings is 1. The van der Waals surface area contributed by atoms with Crippen LogP contribution in [-0.2, 0) is 14.3 Å². The third kappa shape index (κ3) is 4.31. The van der Waals surface area contributed by atoms with Crippen molar-refractivity contribution in [2.45, 2.75) is 32.3 Å². The molecule has 1 heterocycles. The van der Waals surface area contributed by atoms with Gasteiger partial charge in [-0.1, -0.05) is 30.3 Å². The Bertz CT molecular complexity index is 495. The molecule has 1 aliphatic heterocycles. The first-order valence-corrected chi connectivity index (χ1v) is 7.79. The number of carbonyl (C=O) groups is 2. The third-order valence-corrected chi connectivity index (χ3v) is 4.05. The van der Waals surface area contributed by atoms with Gasteiger partial charge in [-0.3, -0.25) is 9.59 Å². The van der Waals surface area contributed by atoms with Crippen LogP contribution in [-0.4, -0.2) is 41.6 Å². The monoisotopic (exact) mass is 305 g/mol. The molecule has 1 aromatic carbocycles. The lowest BCUT2D eigenvalue weighted by molar-refractivity contribution is -0.145. The van der Waals surface area contributed by atoms with Gasteiger partial charge in [-0.05, 0) is 31.2 Å². The lowest BCUT2D eigenvalue weighted by atomic mass is 9.93. The van der Waals surface area contributed by atoms with Gasteiger partial charge in [-0.15, -0.1) is 0 Å². The van der Waals surface area contributed by atoms with Crippen LogP contribution in [0, 0.1) is 5.92 Å². The average Bonchev–Trinajstić information content (AvgIpc) is 2.53. The number of amides is 1. The number of nitrogens with zero attached hydrogens (tertiary/aromatic N) is 1. The van der Waals surface area contributed by atoms with Crippen LogP contribution in [0.2, 0.25) is 0 Å². The van der Waals surface area contributed by atoms with E-state index in [4.69, 9.17) is 9.84 Å². The molecular formula is C17H23NO4. The number of aliphatic carboxylic acids is 1. The molecule has 1 aromatic rings. The van der Waals surface area contributed by atoms with Gasteiger partial charge >= 0.3 is 5.97 Å². The Balaban J connectivity index is 1.99. The van der Waals surface area contributed by atoms with Crippen molar-refractivity contribution < 1.29 is 19.4 Å². The lowest BCUT2D eigenvalue weighted by Gasteiger charge is -2.33. The molecule has 1 fully saturated rings. The van der Waals surface area contributed by atoms with E-state index < -0.39 is 12.1 Å². The highest BCUT2D eigenvalue weighted by Gasteiger charge is 2.30. The van der Waals surface area contributed by atoms with Gasteiger partial charge in [-0.25, -0.2) is 0 Å². The number of likely N-dealkylation sites (tertiary alicyclic amines) is 1. The third-order valence-electron chi connectivity index (χ3n) is 4.05. The molecule has 1 atom stereocenters. The fraction of sp³-hybridized carbons (Fsp3) is 0.529. The standard InChI is InChI=1S/C17H23NO4/c1-2-22-16(14-6-4-3-5-7-14)17(21)18-10-8-13(9-11-18)12-15(19)20/h3-7,13,16H,2,8-12H2,1H3,(H,19,20). The fourth-order valence-electron chi connectivity index (χ4n) is 2.87. The van der Waals surface area contributed by atoms with E-state index in [0.717, 1.165) is 18.4 Å². The zero-order valence-electron chi connectivity index (χ0n) is 12.9. The number of carbonyl (C=O) groups excluding carboxylic acids is 1. The van der Waals surface area contributed by atoms with Gasteiger partial charge in [0.25, 0.3) is 5.91 Å². The molecule has 5 nitrogen and oxygen atoms in total. The number of hydrogen-bond donors (Lipinski definition) is 1. The first-order valence-electron chi connectivity index (χ1n) is 7.79. The summed E-state index contributed by atoms with van der Waals surface area (Å²) in [6.07, 6.45) is 1.11. The van der Waals surface area contributed by atoms with Crippen LogP contribution in [0.15, 0.2) is 30.3 Å². The van der Waals surface area contributed by atoms with Crippen molar-refractivity contribution in [2.24, 2.45) is 5.92 Å². The summed E-state index contributed by atoms with van der Waals surface area (Å²) in [6, 6.07) is 9.50. The summed E-state index contributed by atoms with van der Waals surface area (Å²) in [5.41, 5.74) is 0.863. The fourth-order valence-corrected chi connectivity index (χ4v) is 2.87. The van der Waals surface area contributed by atoms with E-state index in [9.17, 15) is 9.59 Å². The van der Waals surface area contributed by atoms with E-state index >= 15 is 0 Å². The smallest absolute Gasteiger partial charge is 0.303 e. The normalized spacial score (nSPS) is 17.2. The molecule has 0 spiro atoms. The molecule has 0 bridgehead atoms. The van der Waals surface area contributed by atoms with Crippen LogP contribution in [0.4, 0.5) is 0 Å². The number of hydrogen-bond acceptors (Lipinski definition) is 3. The Morgan fingerprint density at radius 3 is 2.45 bits per heavy atom. The molecule has 1 saturated heterocycles. The van der Waals surface area contributed by atoms with E-state index in [1.807, 2.05) is 37.3 Å². The summed E-state index contributed by atoms with van der Waals surface area (Å²) in [5, 5.41) is 8.85. The SMILES string of the molecule is CCOC(C(=O)N1CCC(CC(=O)O)CC1)c1ccccc1. The summed E-state index contributed by atoms with van der Waals surface area (Å²) >= 11 is 0. The quantitative estimate of drug-likeness (QED) is 0.877. The molecule has 5 heteroatoms. The number of carboxylic acid groups (broad SMARTS) is 1. The highest BCUT2D eigenvalue weighted by molar-refractivity contribution is 5.82. The largest absolute Gasteiger partial charge is 0.481 e. The molecule has 0 aliphatic carbocycles. The summed E-state index contributed by atoms with van der Waals surface area (Å²) < 4.78 is 5.65. The van der Waals surface area contributed by atoms with Crippen molar-refractivity contribution in [3.63, 3.8) is 0 Å². The molecular weight excluding hydrogens is 282 g/mol. The number of rotatable bonds is 6. The number of ether oxygens (including phenoxy) is 1. The van der Waals surface area contributed by atoms with Crippen molar-refractivity contribution in [3.8, 4) is 0 Å². The van der Waals surface area contributed by atoms with Crippen molar-refractivity contribution in [1.29, 1.82) is 0 Å². The maximum absolute atomic E-state index is 12.7. The predicted molar refractivity (Wildman–Crippen MR) is 82.4 cm³/mol. The van der Waals surface area contributed by atoms with Crippen LogP contribution in [0.3, 0.4) is 0 Å². The van der Waals surface area contributed by atoms with Gasteiger partial charge in [-0.2, -0.15) is 0 Å². The summed E-state index contributed by atoms with van der Waals surface area (Å²) in [7, 11) is 0. The topological polar surface area (TPSA) is 66.8 Å². The zero-order valence-corrected chi connectivity index (χ0v) is 12.9. The van der Waals surface area contributed by atoms with E-state index in [1.54, 1.807) is 4.90 Å². The van der Waals surface area contributed by atoms with Crippen molar-refractivity contribution in [3.05, 3.63) is 35.9 Å². The van der Waals surface area contributed by atoms with Crippen LogP contribution in [0.5, 0.6) is 0 Å². The highest BCUT2D eigenvalue weighted by atomic mass is 16.5. The molecule has 2 rings (SSSR count). The Morgan fingerprint density at radius 1 is 1.27 bits per heavy atom. The Labute approximate surface area is 130 Å². The highest BCUT2D eigenvalue weighted by Crippen LogP contribution is 2.25. The molecule has 22 heavy (non-hydrogen) atoms. The molecule has 1 amide bonds. The summed E-state index contributed by atoms with van der Waals surface area (Å²) in [5.74, 6) is -0.619. The van der Waals surface area contributed by atoms with Gasteiger partial charge in [0.2, 0.25) is 0 Å². The molecule has 0 aromatic heterocycles. The maximum atomic E-state index is 12.7. The van der Waals surface area contributed by atoms with Gasteiger partial charge in [0.1, 0.15) is 0 Å². The Morgan fingerprint density at radius 2 is 1.91 bits per heavy atom. The maximum Gasteiger partial charge on any atom is 0.303 e. The van der Waals surface area contributed by atoms with Gasteiger partial charge in [0, 0.05) is 26.1 Å². The van der Waals surface area contributed by atoms with Crippen LogP contribution < -0.4 is 0 Å². The van der Waals surface area contributed by atoms with Crippen LogP contribution >= 0.6 is 0 Å². The van der Waals surface area contributed by atoms with Gasteiger partial charge in [0.05, 0.1) is 0 Å². The van der Waals surface area contributed by atoms with Gasteiger partial charge in [0.15, 0.2) is 6.10 Å². The lowest BCUT2D eigenvalue weighted by Crippen LogP contribution is -2.42. The second-order valence-corrected chi connectivity index (χ2v) is 5.61. The molecule has 120 valence electrons. The molecule has 0 saturated carbocycles.